The molecule has 0 spiro atoms. The first kappa shape index (κ1) is 28.6. The fourth-order valence-corrected chi connectivity index (χ4v) is 3.37. The van der Waals surface area contributed by atoms with Gasteiger partial charge in [0.2, 0.25) is 0 Å². The van der Waals surface area contributed by atoms with Gasteiger partial charge in [0.25, 0.3) is 0 Å². The van der Waals surface area contributed by atoms with E-state index in [9.17, 15) is 9.90 Å². The van der Waals surface area contributed by atoms with Crippen LogP contribution in [0.25, 0.3) is 0 Å². The second kappa shape index (κ2) is 23.5. The first-order valence-electron chi connectivity index (χ1n) is 11.1. The summed E-state index contributed by atoms with van der Waals surface area (Å²) < 4.78 is 0. The molecule has 26 heavy (non-hydrogen) atoms. The molecule has 0 N–H and O–H groups in total. The van der Waals surface area contributed by atoms with Crippen LogP contribution in [0.5, 0.6) is 0 Å². The summed E-state index contributed by atoms with van der Waals surface area (Å²) in [4.78, 5) is 13.1. The molecule has 0 bridgehead atoms. The summed E-state index contributed by atoms with van der Waals surface area (Å²) in [6, 6.07) is 0. The van der Waals surface area contributed by atoms with Gasteiger partial charge in [-0.05, 0) is 45.3 Å². The number of carbonyl (C=O) groups is 1. The Morgan fingerprint density at radius 2 is 0.962 bits per heavy atom. The largest absolute Gasteiger partial charge is 1.00 e. The van der Waals surface area contributed by atoms with Gasteiger partial charge in [-0.2, -0.15) is 0 Å². The van der Waals surface area contributed by atoms with E-state index in [4.69, 9.17) is 0 Å². The van der Waals surface area contributed by atoms with E-state index in [2.05, 4.69) is 18.7 Å². The van der Waals surface area contributed by atoms with Crippen molar-refractivity contribution in [3.63, 3.8) is 0 Å². The van der Waals surface area contributed by atoms with Crippen LogP contribution in [0.1, 0.15) is 117 Å². The van der Waals surface area contributed by atoms with Gasteiger partial charge in [-0.15, -0.1) is 0 Å². The molecule has 0 radical (unpaired) electrons. The Kier molecular flexibility index (Phi) is 25.9. The van der Waals surface area contributed by atoms with Crippen LogP contribution in [0.15, 0.2) is 0 Å². The fraction of sp³-hybridized carbons (Fsp3) is 0.955. The van der Waals surface area contributed by atoms with E-state index >= 15 is 0 Å². The minimum absolute atomic E-state index is 0. The van der Waals surface area contributed by atoms with Crippen molar-refractivity contribution in [2.75, 3.05) is 19.6 Å². The second-order valence-electron chi connectivity index (χ2n) is 7.56. The molecule has 4 heteroatoms. The number of hydrogen-bond acceptors (Lipinski definition) is 3. The van der Waals surface area contributed by atoms with Gasteiger partial charge in [0.1, 0.15) is 0 Å². The van der Waals surface area contributed by atoms with Crippen molar-refractivity contribution in [2.45, 2.75) is 117 Å². The molecule has 0 aromatic heterocycles. The van der Waals surface area contributed by atoms with Crippen LogP contribution < -0.4 is 34.7 Å². The van der Waals surface area contributed by atoms with Crippen molar-refractivity contribution in [1.82, 2.24) is 4.90 Å². The molecule has 0 rings (SSSR count). The molecule has 0 atom stereocenters. The fourth-order valence-electron chi connectivity index (χ4n) is 3.37. The standard InChI is InChI=1S/C22H45NO2.Na/c1-3-5-7-9-11-13-15-19-23(21-17-18-22(24)25)20-16-14-12-10-8-6-4-2;/h3-21H2,1-2H3,(H,24,25);/q;+1/p-1. The first-order chi connectivity index (χ1) is 12.2. The van der Waals surface area contributed by atoms with Crippen molar-refractivity contribution < 1.29 is 39.5 Å². The van der Waals surface area contributed by atoms with Crippen LogP contribution in [0.3, 0.4) is 0 Å². The third-order valence-corrected chi connectivity index (χ3v) is 5.01. The minimum Gasteiger partial charge on any atom is -0.550 e. The Bertz CT molecular complexity index is 269. The Balaban J connectivity index is 0. The summed E-state index contributed by atoms with van der Waals surface area (Å²) in [6.45, 7) is 7.70. The normalized spacial score (nSPS) is 10.9. The Labute approximate surface area is 186 Å². The van der Waals surface area contributed by atoms with Crippen molar-refractivity contribution in [2.24, 2.45) is 0 Å². The number of aliphatic carboxylic acids is 1. The predicted molar refractivity (Wildman–Crippen MR) is 107 cm³/mol. The summed E-state index contributed by atoms with van der Waals surface area (Å²) in [5.74, 6) is -0.910. The quantitative estimate of drug-likeness (QED) is 0.242. The van der Waals surface area contributed by atoms with Crippen LogP contribution in [0.2, 0.25) is 0 Å². The molecule has 0 saturated carbocycles. The maximum Gasteiger partial charge on any atom is 1.00 e. The van der Waals surface area contributed by atoms with E-state index < -0.39 is 5.97 Å². The summed E-state index contributed by atoms with van der Waals surface area (Å²) in [5.41, 5.74) is 0. The minimum atomic E-state index is -0.910. The molecule has 0 aromatic rings. The first-order valence-corrected chi connectivity index (χ1v) is 11.1. The topological polar surface area (TPSA) is 43.4 Å². The van der Waals surface area contributed by atoms with Crippen LogP contribution in [0.4, 0.5) is 0 Å². The molecule has 3 nitrogen and oxygen atoms in total. The van der Waals surface area contributed by atoms with Crippen LogP contribution in [-0.2, 0) is 4.79 Å². The third kappa shape index (κ3) is 22.5. The maximum atomic E-state index is 10.6. The molecule has 0 fully saturated rings. The van der Waals surface area contributed by atoms with Gasteiger partial charge in [0.15, 0.2) is 0 Å². The molecule has 0 unspecified atom stereocenters. The average molecular weight is 378 g/mol. The van der Waals surface area contributed by atoms with E-state index in [1.54, 1.807) is 0 Å². The molecular formula is C22H44NNaO2. The summed E-state index contributed by atoms with van der Waals surface area (Å²) >= 11 is 0. The number of nitrogens with zero attached hydrogens (tertiary/aromatic N) is 1. The van der Waals surface area contributed by atoms with Gasteiger partial charge < -0.3 is 14.8 Å². The number of carbonyl (C=O) groups excluding carboxylic acids is 1. The Morgan fingerprint density at radius 3 is 1.35 bits per heavy atom. The van der Waals surface area contributed by atoms with E-state index in [-0.39, 0.29) is 36.0 Å². The zero-order chi connectivity index (χ0) is 18.6. The predicted octanol–water partition coefficient (Wildman–Crippen LogP) is 2.32. The van der Waals surface area contributed by atoms with Crippen molar-refractivity contribution in [3.8, 4) is 0 Å². The number of unbranched alkanes of at least 4 members (excludes halogenated alkanes) is 12. The summed E-state index contributed by atoms with van der Waals surface area (Å²) in [5, 5.41) is 10.6. The molecular weight excluding hydrogens is 333 g/mol. The molecule has 0 amide bonds. The summed E-state index contributed by atoms with van der Waals surface area (Å²) in [7, 11) is 0. The molecule has 0 aromatic carbocycles. The smallest absolute Gasteiger partial charge is 0.550 e. The third-order valence-electron chi connectivity index (χ3n) is 5.01. The average Bonchev–Trinajstić information content (AvgIpc) is 2.59. The zero-order valence-corrected chi connectivity index (χ0v) is 20.2. The van der Waals surface area contributed by atoms with Crippen molar-refractivity contribution in [1.29, 1.82) is 0 Å². The van der Waals surface area contributed by atoms with Gasteiger partial charge in [-0.3, -0.25) is 0 Å². The Morgan fingerprint density at radius 1 is 0.615 bits per heavy atom. The number of carboxylic acid groups (broad SMARTS) is 1. The van der Waals surface area contributed by atoms with Crippen LogP contribution in [0, 0.1) is 0 Å². The zero-order valence-electron chi connectivity index (χ0n) is 18.2. The van der Waals surface area contributed by atoms with Gasteiger partial charge in [0.05, 0.1) is 0 Å². The van der Waals surface area contributed by atoms with E-state index in [1.807, 2.05) is 0 Å². The SMILES string of the molecule is CCCCCCCCCN(CCCCCCCCC)CCCC(=O)[O-].[Na+]. The van der Waals surface area contributed by atoms with Crippen LogP contribution in [-0.4, -0.2) is 30.5 Å². The van der Waals surface area contributed by atoms with Crippen molar-refractivity contribution in [3.05, 3.63) is 0 Å². The molecule has 0 aliphatic carbocycles. The van der Waals surface area contributed by atoms with Crippen molar-refractivity contribution >= 4 is 5.97 Å². The Hall–Kier alpha value is 0.430. The maximum absolute atomic E-state index is 10.6. The molecule has 0 heterocycles. The molecule has 0 aliphatic rings. The second-order valence-corrected chi connectivity index (χ2v) is 7.56. The van der Waals surface area contributed by atoms with E-state index in [0.717, 1.165) is 26.1 Å². The molecule has 150 valence electrons. The number of rotatable bonds is 20. The molecule has 0 aliphatic heterocycles. The van der Waals surface area contributed by atoms with Gasteiger partial charge in [0, 0.05) is 5.97 Å². The summed E-state index contributed by atoms with van der Waals surface area (Å²) in [6.07, 6.45) is 19.6. The van der Waals surface area contributed by atoms with Gasteiger partial charge >= 0.3 is 29.6 Å². The monoisotopic (exact) mass is 377 g/mol. The van der Waals surface area contributed by atoms with Gasteiger partial charge in [-0.1, -0.05) is 90.9 Å². The number of carboxylic acids is 1. The van der Waals surface area contributed by atoms with Gasteiger partial charge in [-0.25, -0.2) is 0 Å². The van der Waals surface area contributed by atoms with Crippen LogP contribution >= 0.6 is 0 Å². The van der Waals surface area contributed by atoms with E-state index in [0.29, 0.717) is 0 Å². The number of hydrogen-bond donors (Lipinski definition) is 0. The molecule has 0 saturated heterocycles. The van der Waals surface area contributed by atoms with E-state index in [1.165, 1.54) is 89.9 Å².